The van der Waals surface area contributed by atoms with Gasteiger partial charge in [-0.3, -0.25) is 9.89 Å². The minimum absolute atomic E-state index is 0. The first kappa shape index (κ1) is 26.6. The van der Waals surface area contributed by atoms with Crippen LogP contribution >= 0.6 is 35.3 Å². The number of thiazole rings is 1. The van der Waals surface area contributed by atoms with Crippen LogP contribution in [0.5, 0.6) is 0 Å². The Labute approximate surface area is 198 Å². The van der Waals surface area contributed by atoms with Gasteiger partial charge in [0, 0.05) is 38.2 Å². The lowest BCUT2D eigenvalue weighted by atomic mass is 9.94. The number of likely N-dealkylation sites (tertiary alicyclic amines) is 1. The van der Waals surface area contributed by atoms with Gasteiger partial charge in [0.05, 0.1) is 18.8 Å². The van der Waals surface area contributed by atoms with Crippen molar-refractivity contribution in [2.24, 2.45) is 10.9 Å². The number of piperidine rings is 1. The van der Waals surface area contributed by atoms with E-state index in [1.807, 2.05) is 6.92 Å². The zero-order valence-electron chi connectivity index (χ0n) is 19.2. The van der Waals surface area contributed by atoms with E-state index in [0.29, 0.717) is 0 Å². The fourth-order valence-electron chi connectivity index (χ4n) is 3.58. The average Bonchev–Trinajstić information content (AvgIpc) is 3.12. The molecule has 2 heterocycles. The molecule has 2 atom stereocenters. The van der Waals surface area contributed by atoms with E-state index in [0.717, 1.165) is 42.2 Å². The van der Waals surface area contributed by atoms with E-state index >= 15 is 0 Å². The van der Waals surface area contributed by atoms with E-state index in [4.69, 9.17) is 14.7 Å². The number of aliphatic imine (C=N–C) groups is 1. The Kier molecular flexibility index (Phi) is 11.4. The Morgan fingerprint density at radius 2 is 2.24 bits per heavy atom. The molecule has 168 valence electrons. The summed E-state index contributed by atoms with van der Waals surface area (Å²) in [7, 11) is 3.80. The van der Waals surface area contributed by atoms with E-state index in [1.54, 1.807) is 18.4 Å². The molecule has 0 aromatic carbocycles. The van der Waals surface area contributed by atoms with Gasteiger partial charge < -0.3 is 15.0 Å². The van der Waals surface area contributed by atoms with E-state index < -0.39 is 0 Å². The van der Waals surface area contributed by atoms with Crippen molar-refractivity contribution < 1.29 is 4.74 Å². The molecule has 0 radical (unpaired) electrons. The molecule has 2 unspecified atom stereocenters. The average molecular weight is 538 g/mol. The molecule has 2 rings (SSSR count). The van der Waals surface area contributed by atoms with E-state index in [-0.39, 0.29) is 35.6 Å². The summed E-state index contributed by atoms with van der Waals surface area (Å²) in [6.45, 7) is 15.9. The molecule has 1 N–H and O–H groups in total. The number of aromatic nitrogens is 1. The zero-order chi connectivity index (χ0) is 20.7. The molecule has 1 aliphatic rings. The molecule has 1 aromatic heterocycles. The first-order valence-electron chi connectivity index (χ1n) is 10.5. The lowest BCUT2D eigenvalue weighted by molar-refractivity contribution is 0.0773. The molecular weight excluding hydrogens is 497 g/mol. The molecule has 1 aromatic rings. The van der Waals surface area contributed by atoms with Crippen LogP contribution in [-0.2, 0) is 11.3 Å². The van der Waals surface area contributed by atoms with Crippen LogP contribution in [-0.4, -0.2) is 66.6 Å². The molecule has 6 nitrogen and oxygen atoms in total. The van der Waals surface area contributed by atoms with E-state index in [2.05, 4.69) is 55.2 Å². The van der Waals surface area contributed by atoms with Gasteiger partial charge in [0.15, 0.2) is 5.96 Å². The highest BCUT2D eigenvalue weighted by atomic mass is 127. The van der Waals surface area contributed by atoms with Gasteiger partial charge in [0.2, 0.25) is 0 Å². The summed E-state index contributed by atoms with van der Waals surface area (Å²) in [6.07, 6.45) is 2.68. The number of nitrogens with one attached hydrogen (secondary N) is 1. The SMILES string of the molecule is CCNC(=NCC(C)(C)N1CCCC(C)C1)N(C)Cc1csc(C(C)OC)n1.I. The summed E-state index contributed by atoms with van der Waals surface area (Å²) in [6, 6.07) is 0. The third-order valence-corrected chi connectivity index (χ3v) is 6.55. The third-order valence-electron chi connectivity index (χ3n) is 5.50. The van der Waals surface area contributed by atoms with Gasteiger partial charge in [0.1, 0.15) is 11.1 Å². The van der Waals surface area contributed by atoms with Crippen molar-refractivity contribution in [3.05, 3.63) is 16.1 Å². The maximum atomic E-state index is 5.38. The quantitative estimate of drug-likeness (QED) is 0.303. The molecule has 0 aliphatic carbocycles. The van der Waals surface area contributed by atoms with Gasteiger partial charge >= 0.3 is 0 Å². The molecule has 0 spiro atoms. The van der Waals surface area contributed by atoms with Crippen LogP contribution in [0.3, 0.4) is 0 Å². The lowest BCUT2D eigenvalue weighted by Gasteiger charge is -2.42. The van der Waals surface area contributed by atoms with E-state index in [9.17, 15) is 0 Å². The van der Waals surface area contributed by atoms with Gasteiger partial charge in [-0.1, -0.05) is 6.92 Å². The summed E-state index contributed by atoms with van der Waals surface area (Å²) in [4.78, 5) is 14.5. The van der Waals surface area contributed by atoms with Crippen LogP contribution in [0.1, 0.15) is 64.3 Å². The Hall–Kier alpha value is -0.450. The monoisotopic (exact) mass is 537 g/mol. The van der Waals surface area contributed by atoms with Crippen molar-refractivity contribution in [2.45, 2.75) is 65.6 Å². The number of ether oxygens (including phenoxy) is 1. The van der Waals surface area contributed by atoms with Crippen molar-refractivity contribution in [1.82, 2.24) is 20.1 Å². The number of rotatable bonds is 8. The number of methoxy groups -OCH3 is 1. The number of hydrogen-bond donors (Lipinski definition) is 1. The topological polar surface area (TPSA) is 53.0 Å². The van der Waals surface area contributed by atoms with Crippen LogP contribution in [0.25, 0.3) is 0 Å². The fraction of sp³-hybridized carbons (Fsp3) is 0.810. The molecule has 1 aliphatic heterocycles. The van der Waals surface area contributed by atoms with Gasteiger partial charge in [-0.25, -0.2) is 4.98 Å². The van der Waals surface area contributed by atoms with E-state index in [1.165, 1.54) is 25.9 Å². The van der Waals surface area contributed by atoms with Crippen molar-refractivity contribution in [3.8, 4) is 0 Å². The van der Waals surface area contributed by atoms with Crippen LogP contribution in [0, 0.1) is 5.92 Å². The highest BCUT2D eigenvalue weighted by Crippen LogP contribution is 2.24. The van der Waals surface area contributed by atoms with Crippen molar-refractivity contribution in [1.29, 1.82) is 0 Å². The Morgan fingerprint density at radius 3 is 2.86 bits per heavy atom. The van der Waals surface area contributed by atoms with Gasteiger partial charge in [-0.2, -0.15) is 0 Å². The number of nitrogens with zero attached hydrogens (tertiary/aromatic N) is 4. The number of halogens is 1. The summed E-state index contributed by atoms with van der Waals surface area (Å²) >= 11 is 1.66. The summed E-state index contributed by atoms with van der Waals surface area (Å²) in [5.74, 6) is 1.72. The predicted octanol–water partition coefficient (Wildman–Crippen LogP) is 4.38. The zero-order valence-corrected chi connectivity index (χ0v) is 22.3. The second kappa shape index (κ2) is 12.4. The fourth-order valence-corrected chi connectivity index (χ4v) is 4.42. The first-order chi connectivity index (χ1) is 13.3. The number of guanidine groups is 1. The largest absolute Gasteiger partial charge is 0.375 e. The van der Waals surface area contributed by atoms with Crippen molar-refractivity contribution in [2.75, 3.05) is 40.3 Å². The van der Waals surface area contributed by atoms with Crippen molar-refractivity contribution >= 4 is 41.3 Å². The molecular formula is C21H40IN5OS. The predicted molar refractivity (Wildman–Crippen MR) is 134 cm³/mol. The molecule has 1 fully saturated rings. The molecule has 0 saturated carbocycles. The standard InChI is InChI=1S/C21H39N5OS.HI/c1-8-22-20(23-15-21(4,5)26-11-9-10-16(2)12-26)25(6)13-18-14-28-19(24-18)17(3)27-7;/h14,16-17H,8-13,15H2,1-7H3,(H,22,23);1H. The van der Waals surface area contributed by atoms with Crippen LogP contribution in [0.4, 0.5) is 0 Å². The summed E-state index contributed by atoms with van der Waals surface area (Å²) in [5.41, 5.74) is 1.12. The van der Waals surface area contributed by atoms with Crippen LogP contribution < -0.4 is 5.32 Å². The molecule has 8 heteroatoms. The Morgan fingerprint density at radius 1 is 1.52 bits per heavy atom. The smallest absolute Gasteiger partial charge is 0.194 e. The summed E-state index contributed by atoms with van der Waals surface area (Å²) in [5, 5.41) is 6.57. The van der Waals surface area contributed by atoms with Gasteiger partial charge in [-0.05, 0) is 53.0 Å². The lowest BCUT2D eigenvalue weighted by Crippen LogP contribution is -2.51. The highest BCUT2D eigenvalue weighted by Gasteiger charge is 2.30. The Bertz CT molecular complexity index is 636. The third kappa shape index (κ3) is 7.95. The second-order valence-corrected chi connectivity index (χ2v) is 9.48. The summed E-state index contributed by atoms with van der Waals surface area (Å²) < 4.78 is 5.38. The molecule has 29 heavy (non-hydrogen) atoms. The maximum Gasteiger partial charge on any atom is 0.194 e. The van der Waals surface area contributed by atoms with Crippen LogP contribution in [0.15, 0.2) is 10.4 Å². The van der Waals surface area contributed by atoms with Crippen molar-refractivity contribution in [3.63, 3.8) is 0 Å². The molecule has 0 bridgehead atoms. The molecule has 0 amide bonds. The van der Waals surface area contributed by atoms with Crippen LogP contribution in [0.2, 0.25) is 0 Å². The van der Waals surface area contributed by atoms with Gasteiger partial charge in [0.25, 0.3) is 0 Å². The normalized spacial score (nSPS) is 19.6. The first-order valence-corrected chi connectivity index (χ1v) is 11.4. The minimum Gasteiger partial charge on any atom is -0.375 e. The Balaban J connectivity index is 0.00000420. The second-order valence-electron chi connectivity index (χ2n) is 8.59. The van der Waals surface area contributed by atoms with Gasteiger partial charge in [-0.15, -0.1) is 35.3 Å². The minimum atomic E-state index is 0. The molecule has 1 saturated heterocycles. The highest BCUT2D eigenvalue weighted by molar-refractivity contribution is 14.0. The maximum absolute atomic E-state index is 5.38. The number of hydrogen-bond acceptors (Lipinski definition) is 5.